The first-order chi connectivity index (χ1) is 31.2. The summed E-state index contributed by atoms with van der Waals surface area (Å²) < 4.78 is 40.7. The van der Waals surface area contributed by atoms with Gasteiger partial charge in [0.05, 0.1) is 48.9 Å². The number of aromatic nitrogens is 10. The fraction of sp³-hybridized carbons (Fsp3) is 0.435. The molecular weight excluding hydrogens is 819 g/mol. The number of pyridine rings is 2. The van der Waals surface area contributed by atoms with Crippen LogP contribution in [0.1, 0.15) is 75.1 Å². The second kappa shape index (κ2) is 19.1. The molecule has 16 nitrogen and oxygen atoms in total. The van der Waals surface area contributed by atoms with Gasteiger partial charge in [0.1, 0.15) is 23.3 Å². The number of fused-ring (bicyclic) bond motifs is 2. The zero-order valence-electron chi connectivity index (χ0n) is 36.6. The second-order valence-corrected chi connectivity index (χ2v) is 16.3. The normalized spacial score (nSPS) is 20.8. The highest BCUT2D eigenvalue weighted by Gasteiger charge is 2.31. The summed E-state index contributed by atoms with van der Waals surface area (Å²) in [6.07, 6.45) is 14.0. The second-order valence-electron chi connectivity index (χ2n) is 16.3. The Bertz CT molecular complexity index is 2370. The molecule has 4 unspecified atom stereocenters. The van der Waals surface area contributed by atoms with Crippen molar-refractivity contribution < 1.29 is 18.3 Å². The van der Waals surface area contributed by atoms with Gasteiger partial charge in [0, 0.05) is 130 Å². The number of anilines is 4. The van der Waals surface area contributed by atoms with Gasteiger partial charge in [-0.15, -0.1) is 0 Å². The first-order valence-electron chi connectivity index (χ1n) is 22.1. The Balaban J connectivity index is 0.000000162. The summed E-state index contributed by atoms with van der Waals surface area (Å²) in [5.74, 6) is 3.24. The number of halogens is 2. The zero-order valence-corrected chi connectivity index (χ0v) is 36.6. The van der Waals surface area contributed by atoms with Crippen molar-refractivity contribution in [2.75, 3.05) is 72.1 Å². The maximum absolute atomic E-state index is 14.6. The molecule has 0 spiro atoms. The average Bonchev–Trinajstić information content (AvgIpc) is 3.34. The maximum atomic E-state index is 14.6. The Labute approximate surface area is 371 Å². The van der Waals surface area contributed by atoms with E-state index in [0.717, 1.165) is 60.7 Å². The smallest absolute Gasteiger partial charge is 0.216 e. The molecular formula is C46H52F2N14O2. The third-order valence-corrected chi connectivity index (χ3v) is 12.3. The number of hydrogen-bond acceptors (Lipinski definition) is 16. The van der Waals surface area contributed by atoms with E-state index in [4.69, 9.17) is 24.4 Å². The summed E-state index contributed by atoms with van der Waals surface area (Å²) in [7, 11) is 0. The Morgan fingerprint density at radius 1 is 0.562 bits per heavy atom. The molecule has 0 aliphatic carbocycles. The van der Waals surface area contributed by atoms with E-state index in [2.05, 4.69) is 82.2 Å². The SMILES string of the molecule is CCC1CN(c2cc(F)cc(N3CCc4nc(-c5ncccn5)ncc4C3C)n2)CCO1.CCC1CN(c2cc(F)nc(N3CCc4nc(-c5ncccn5)ncc4C3C)c2)CCO1. The van der Waals surface area contributed by atoms with Gasteiger partial charge in [-0.05, 0) is 38.8 Å². The van der Waals surface area contributed by atoms with Gasteiger partial charge in [-0.2, -0.15) is 4.39 Å². The highest BCUT2D eigenvalue weighted by atomic mass is 19.1. The van der Waals surface area contributed by atoms with Crippen LogP contribution < -0.4 is 19.6 Å². The number of morpholine rings is 2. The molecule has 0 bridgehead atoms. The molecule has 10 rings (SSSR count). The zero-order chi connectivity index (χ0) is 44.2. The van der Waals surface area contributed by atoms with Crippen LogP contribution in [0.2, 0.25) is 0 Å². The van der Waals surface area contributed by atoms with Gasteiger partial charge < -0.3 is 29.1 Å². The van der Waals surface area contributed by atoms with Crippen LogP contribution in [-0.4, -0.2) is 115 Å². The minimum Gasteiger partial charge on any atom is -0.375 e. The van der Waals surface area contributed by atoms with Crippen molar-refractivity contribution >= 4 is 23.1 Å². The van der Waals surface area contributed by atoms with E-state index in [0.29, 0.717) is 86.4 Å². The van der Waals surface area contributed by atoms with E-state index in [1.54, 1.807) is 36.9 Å². The van der Waals surface area contributed by atoms with Gasteiger partial charge in [-0.25, -0.2) is 54.2 Å². The Hall–Kier alpha value is -6.40. The minimum atomic E-state index is -0.470. The highest BCUT2D eigenvalue weighted by molar-refractivity contribution is 5.58. The predicted octanol–water partition coefficient (Wildman–Crippen LogP) is 6.41. The van der Waals surface area contributed by atoms with Crippen molar-refractivity contribution in [3.05, 3.63) is 108 Å². The first kappa shape index (κ1) is 42.9. The van der Waals surface area contributed by atoms with Crippen molar-refractivity contribution in [3.63, 3.8) is 0 Å². The van der Waals surface area contributed by atoms with Crippen molar-refractivity contribution in [2.45, 2.75) is 77.7 Å². The van der Waals surface area contributed by atoms with Crippen LogP contribution in [0.3, 0.4) is 0 Å². The summed E-state index contributed by atoms with van der Waals surface area (Å²) in [6.45, 7) is 14.0. The van der Waals surface area contributed by atoms with Crippen molar-refractivity contribution in [1.82, 2.24) is 49.8 Å². The van der Waals surface area contributed by atoms with Crippen molar-refractivity contribution in [3.8, 4) is 23.3 Å². The summed E-state index contributed by atoms with van der Waals surface area (Å²) in [5.41, 5.74) is 4.82. The Morgan fingerprint density at radius 3 is 1.61 bits per heavy atom. The van der Waals surface area contributed by atoms with Crippen molar-refractivity contribution in [1.29, 1.82) is 0 Å². The highest BCUT2D eigenvalue weighted by Crippen LogP contribution is 2.36. The number of rotatable bonds is 8. The van der Waals surface area contributed by atoms with E-state index in [1.807, 2.05) is 18.5 Å². The fourth-order valence-electron chi connectivity index (χ4n) is 8.75. The summed E-state index contributed by atoms with van der Waals surface area (Å²) in [6, 6.07) is 9.99. The molecule has 4 aliphatic heterocycles. The van der Waals surface area contributed by atoms with Gasteiger partial charge in [-0.3, -0.25) is 0 Å². The van der Waals surface area contributed by atoms with E-state index < -0.39 is 5.95 Å². The standard InChI is InChI=1S/2C23H26FN7O/c1-3-17-14-30(9-10-32-17)16-11-20(24)29-21(12-16)31-8-5-19-18(15(31)2)13-27-23(28-19)22-25-6-4-7-26-22;1-3-17-14-30(9-10-32-17)20-11-16(24)12-21(29-20)31-8-5-19-18(15(31)2)13-27-23(28-19)22-25-6-4-7-26-22/h2*4,6-7,11-13,15,17H,3,5,8-10,14H2,1-2H3. The molecule has 2 fully saturated rings. The molecule has 0 amide bonds. The van der Waals surface area contributed by atoms with Gasteiger partial charge >= 0.3 is 0 Å². The molecule has 332 valence electrons. The molecule has 0 saturated carbocycles. The van der Waals surface area contributed by atoms with Gasteiger partial charge in [0.2, 0.25) is 5.95 Å². The first-order valence-corrected chi connectivity index (χ1v) is 22.1. The molecule has 10 heterocycles. The third kappa shape index (κ3) is 9.29. The molecule has 18 heteroatoms. The van der Waals surface area contributed by atoms with Crippen LogP contribution >= 0.6 is 0 Å². The maximum Gasteiger partial charge on any atom is 0.216 e. The molecule has 0 N–H and O–H groups in total. The molecule has 64 heavy (non-hydrogen) atoms. The number of hydrogen-bond donors (Lipinski definition) is 0. The van der Waals surface area contributed by atoms with Crippen LogP contribution in [0.15, 0.2) is 73.6 Å². The van der Waals surface area contributed by atoms with Crippen LogP contribution in [0, 0.1) is 11.8 Å². The lowest BCUT2D eigenvalue weighted by atomic mass is 9.99. The Morgan fingerprint density at radius 2 is 1.06 bits per heavy atom. The lowest BCUT2D eigenvalue weighted by Crippen LogP contribution is -2.43. The van der Waals surface area contributed by atoms with E-state index in [-0.39, 0.29) is 30.1 Å². The quantitative estimate of drug-likeness (QED) is 0.154. The molecule has 6 aromatic rings. The minimum absolute atomic E-state index is 0.0280. The molecule has 4 aliphatic rings. The summed E-state index contributed by atoms with van der Waals surface area (Å²) >= 11 is 0. The van der Waals surface area contributed by atoms with E-state index in [1.165, 1.54) is 18.2 Å². The molecule has 0 aromatic carbocycles. The topological polar surface area (TPSA) is 160 Å². The van der Waals surface area contributed by atoms with Gasteiger partial charge in [-0.1, -0.05) is 13.8 Å². The summed E-state index contributed by atoms with van der Waals surface area (Å²) in [4.78, 5) is 53.0. The summed E-state index contributed by atoms with van der Waals surface area (Å²) in [5, 5.41) is 0. The average molecular weight is 871 g/mol. The van der Waals surface area contributed by atoms with E-state index >= 15 is 0 Å². The lowest BCUT2D eigenvalue weighted by molar-refractivity contribution is 0.0381. The van der Waals surface area contributed by atoms with Crippen LogP contribution in [0.5, 0.6) is 0 Å². The van der Waals surface area contributed by atoms with Crippen LogP contribution in [0.4, 0.5) is 31.9 Å². The fourth-order valence-corrected chi connectivity index (χ4v) is 8.75. The van der Waals surface area contributed by atoms with Crippen LogP contribution in [-0.2, 0) is 22.3 Å². The monoisotopic (exact) mass is 870 g/mol. The number of ether oxygens (including phenoxy) is 2. The molecule has 4 atom stereocenters. The van der Waals surface area contributed by atoms with E-state index in [9.17, 15) is 8.78 Å². The van der Waals surface area contributed by atoms with Crippen molar-refractivity contribution in [2.24, 2.45) is 0 Å². The largest absolute Gasteiger partial charge is 0.375 e. The number of nitrogens with zero attached hydrogens (tertiary/aromatic N) is 14. The molecule has 6 aromatic heterocycles. The predicted molar refractivity (Wildman–Crippen MR) is 238 cm³/mol. The molecule has 2 saturated heterocycles. The molecule has 0 radical (unpaired) electrons. The van der Waals surface area contributed by atoms with Gasteiger partial charge in [0.15, 0.2) is 23.3 Å². The Kier molecular flexibility index (Phi) is 12.8. The third-order valence-electron chi connectivity index (χ3n) is 12.3. The van der Waals surface area contributed by atoms with Gasteiger partial charge in [0.25, 0.3) is 0 Å². The van der Waals surface area contributed by atoms with Crippen LogP contribution in [0.25, 0.3) is 23.3 Å². The lowest BCUT2D eigenvalue weighted by Gasteiger charge is -2.37.